The van der Waals surface area contributed by atoms with E-state index in [1.165, 1.54) is 0 Å². The van der Waals surface area contributed by atoms with E-state index in [1.54, 1.807) is 7.11 Å². The highest BCUT2D eigenvalue weighted by Crippen LogP contribution is 2.26. The fraction of sp³-hybridized carbons (Fsp3) is 0.500. The van der Waals surface area contributed by atoms with Crippen molar-refractivity contribution in [2.75, 3.05) is 13.7 Å². The molecular weight excluding hydrogens is 264 g/mol. The zero-order valence-electron chi connectivity index (χ0n) is 11.0. The van der Waals surface area contributed by atoms with Crippen LogP contribution in [-0.2, 0) is 11.3 Å². The molecule has 2 rings (SSSR count). The smallest absolute Gasteiger partial charge is 0.237 e. The summed E-state index contributed by atoms with van der Waals surface area (Å²) in [4.78, 5) is 11.8. The molecule has 0 saturated carbocycles. The molecule has 1 atom stereocenters. The Bertz CT molecular complexity index is 451. The maximum absolute atomic E-state index is 11.8. The van der Waals surface area contributed by atoms with E-state index in [0.29, 0.717) is 11.6 Å². The van der Waals surface area contributed by atoms with Crippen LogP contribution in [0.1, 0.15) is 24.8 Å². The van der Waals surface area contributed by atoms with Gasteiger partial charge in [-0.2, -0.15) is 0 Å². The van der Waals surface area contributed by atoms with Gasteiger partial charge in [0.25, 0.3) is 0 Å². The number of carbonyl (C=O) groups excluding carboxylic acids is 1. The summed E-state index contributed by atoms with van der Waals surface area (Å²) in [7, 11) is 1.62. The van der Waals surface area contributed by atoms with Crippen LogP contribution in [0.2, 0.25) is 5.02 Å². The second kappa shape index (κ2) is 6.78. The van der Waals surface area contributed by atoms with Crippen molar-refractivity contribution >= 4 is 17.5 Å². The Hall–Kier alpha value is -1.26. The molecule has 104 valence electrons. The van der Waals surface area contributed by atoms with Gasteiger partial charge in [0.15, 0.2) is 0 Å². The normalized spacial score (nSPS) is 19.7. The van der Waals surface area contributed by atoms with Crippen molar-refractivity contribution in [3.63, 3.8) is 0 Å². The molecule has 1 saturated heterocycles. The lowest BCUT2D eigenvalue weighted by Gasteiger charge is -2.17. The van der Waals surface area contributed by atoms with Crippen LogP contribution in [0.25, 0.3) is 0 Å². The second-order valence-corrected chi connectivity index (χ2v) is 5.05. The number of amides is 1. The molecule has 1 aliphatic heterocycles. The third-order valence-corrected chi connectivity index (χ3v) is 3.71. The molecule has 19 heavy (non-hydrogen) atoms. The van der Waals surface area contributed by atoms with E-state index >= 15 is 0 Å². The first-order valence-corrected chi connectivity index (χ1v) is 6.92. The van der Waals surface area contributed by atoms with Gasteiger partial charge in [0, 0.05) is 23.7 Å². The first-order valence-electron chi connectivity index (χ1n) is 6.55. The summed E-state index contributed by atoms with van der Waals surface area (Å²) < 4.78 is 5.29. The molecule has 0 radical (unpaired) electrons. The van der Waals surface area contributed by atoms with Crippen LogP contribution < -0.4 is 15.4 Å². The molecule has 1 heterocycles. The predicted octanol–water partition coefficient (Wildman–Crippen LogP) is 2.11. The minimum Gasteiger partial charge on any atom is -0.496 e. The Kier molecular flexibility index (Phi) is 5.05. The van der Waals surface area contributed by atoms with Crippen molar-refractivity contribution in [1.29, 1.82) is 0 Å². The van der Waals surface area contributed by atoms with Gasteiger partial charge in [0.05, 0.1) is 13.2 Å². The maximum Gasteiger partial charge on any atom is 0.237 e. The molecule has 1 fully saturated rings. The standard InChI is InChI=1S/C14H19ClN2O2/c1-19-13-7-4-5-11(15)10(13)9-17-12-6-2-3-8-16-14(12)18/h4-5,7,12,17H,2-3,6,8-9H2,1H3,(H,16,18). The van der Waals surface area contributed by atoms with Crippen LogP contribution >= 0.6 is 11.6 Å². The number of halogens is 1. The summed E-state index contributed by atoms with van der Waals surface area (Å²) in [6, 6.07) is 5.40. The van der Waals surface area contributed by atoms with Gasteiger partial charge in [-0.1, -0.05) is 17.7 Å². The highest BCUT2D eigenvalue weighted by molar-refractivity contribution is 6.31. The van der Waals surface area contributed by atoms with Crippen molar-refractivity contribution in [2.24, 2.45) is 0 Å². The fourth-order valence-electron chi connectivity index (χ4n) is 2.26. The molecule has 1 unspecified atom stereocenters. The molecule has 1 amide bonds. The van der Waals surface area contributed by atoms with E-state index in [2.05, 4.69) is 10.6 Å². The molecule has 1 aromatic carbocycles. The van der Waals surface area contributed by atoms with Crippen LogP contribution in [-0.4, -0.2) is 25.6 Å². The Morgan fingerprint density at radius 1 is 1.47 bits per heavy atom. The van der Waals surface area contributed by atoms with Gasteiger partial charge in [-0.15, -0.1) is 0 Å². The first-order chi connectivity index (χ1) is 9.22. The van der Waals surface area contributed by atoms with Gasteiger partial charge in [-0.05, 0) is 31.4 Å². The average molecular weight is 283 g/mol. The summed E-state index contributed by atoms with van der Waals surface area (Å²) in [5, 5.41) is 6.83. The lowest BCUT2D eigenvalue weighted by atomic mass is 10.1. The van der Waals surface area contributed by atoms with Crippen LogP contribution in [0.15, 0.2) is 18.2 Å². The summed E-state index contributed by atoms with van der Waals surface area (Å²) in [6.45, 7) is 1.30. The van der Waals surface area contributed by atoms with Gasteiger partial charge in [0.1, 0.15) is 5.75 Å². The predicted molar refractivity (Wildman–Crippen MR) is 75.5 cm³/mol. The molecule has 0 spiro atoms. The van der Waals surface area contributed by atoms with Gasteiger partial charge < -0.3 is 15.4 Å². The molecule has 1 aliphatic rings. The summed E-state index contributed by atoms with van der Waals surface area (Å²) in [5.41, 5.74) is 0.892. The van der Waals surface area contributed by atoms with Crippen LogP contribution in [0.3, 0.4) is 0 Å². The average Bonchev–Trinajstić information content (AvgIpc) is 2.62. The lowest BCUT2D eigenvalue weighted by Crippen LogP contribution is -2.42. The minimum absolute atomic E-state index is 0.0727. The zero-order chi connectivity index (χ0) is 13.7. The summed E-state index contributed by atoms with van der Waals surface area (Å²) in [5.74, 6) is 0.817. The van der Waals surface area contributed by atoms with Crippen LogP contribution in [0, 0.1) is 0 Å². The van der Waals surface area contributed by atoms with Gasteiger partial charge in [0.2, 0.25) is 5.91 Å². The van der Waals surface area contributed by atoms with E-state index in [0.717, 1.165) is 37.1 Å². The van der Waals surface area contributed by atoms with Gasteiger partial charge in [-0.3, -0.25) is 4.79 Å². The van der Waals surface area contributed by atoms with Crippen molar-refractivity contribution in [3.8, 4) is 5.75 Å². The number of rotatable bonds is 4. The molecule has 0 aliphatic carbocycles. The zero-order valence-corrected chi connectivity index (χ0v) is 11.8. The molecule has 5 heteroatoms. The van der Waals surface area contributed by atoms with Crippen molar-refractivity contribution < 1.29 is 9.53 Å². The maximum atomic E-state index is 11.8. The number of carbonyl (C=O) groups is 1. The SMILES string of the molecule is COc1cccc(Cl)c1CNC1CCCCNC1=O. The van der Waals surface area contributed by atoms with Gasteiger partial charge >= 0.3 is 0 Å². The number of hydrogen-bond donors (Lipinski definition) is 2. The Balaban J connectivity index is 2.03. The minimum atomic E-state index is -0.150. The number of methoxy groups -OCH3 is 1. The third-order valence-electron chi connectivity index (χ3n) is 3.36. The largest absolute Gasteiger partial charge is 0.496 e. The van der Waals surface area contributed by atoms with Crippen LogP contribution in [0.5, 0.6) is 5.75 Å². The highest BCUT2D eigenvalue weighted by Gasteiger charge is 2.20. The monoisotopic (exact) mass is 282 g/mol. The number of nitrogens with one attached hydrogen (secondary N) is 2. The Morgan fingerprint density at radius 2 is 2.32 bits per heavy atom. The first kappa shape index (κ1) is 14.2. The molecular formula is C14H19ClN2O2. The quantitative estimate of drug-likeness (QED) is 0.889. The second-order valence-electron chi connectivity index (χ2n) is 4.64. The molecule has 0 bridgehead atoms. The Labute approximate surface area is 118 Å². The third kappa shape index (κ3) is 3.61. The molecule has 1 aromatic rings. The topological polar surface area (TPSA) is 50.4 Å². The van der Waals surface area contributed by atoms with E-state index in [-0.39, 0.29) is 11.9 Å². The van der Waals surface area contributed by atoms with E-state index in [9.17, 15) is 4.79 Å². The molecule has 0 aromatic heterocycles. The van der Waals surface area contributed by atoms with Crippen molar-refractivity contribution in [1.82, 2.24) is 10.6 Å². The van der Waals surface area contributed by atoms with Crippen LogP contribution in [0.4, 0.5) is 0 Å². The number of hydrogen-bond acceptors (Lipinski definition) is 3. The van der Waals surface area contributed by atoms with E-state index in [4.69, 9.17) is 16.3 Å². The van der Waals surface area contributed by atoms with Gasteiger partial charge in [-0.25, -0.2) is 0 Å². The van der Waals surface area contributed by atoms with Crippen molar-refractivity contribution in [3.05, 3.63) is 28.8 Å². The van der Waals surface area contributed by atoms with E-state index < -0.39 is 0 Å². The lowest BCUT2D eigenvalue weighted by molar-refractivity contribution is -0.122. The van der Waals surface area contributed by atoms with Crippen molar-refractivity contribution in [2.45, 2.75) is 31.8 Å². The molecule has 2 N–H and O–H groups in total. The molecule has 4 nitrogen and oxygen atoms in total. The van der Waals surface area contributed by atoms with E-state index in [1.807, 2.05) is 18.2 Å². The fourth-order valence-corrected chi connectivity index (χ4v) is 2.49. The Morgan fingerprint density at radius 3 is 3.11 bits per heavy atom. The number of benzene rings is 1. The highest BCUT2D eigenvalue weighted by atomic mass is 35.5. The number of ether oxygens (including phenoxy) is 1. The summed E-state index contributed by atoms with van der Waals surface area (Å²) >= 11 is 6.17. The summed E-state index contributed by atoms with van der Waals surface area (Å²) in [6.07, 6.45) is 2.95.